The Morgan fingerprint density at radius 3 is 3.18 bits per heavy atom. The monoisotopic (exact) mass is 212 g/mol. The SMILES string of the molecule is On1cc(Br)cc2ccnc1-2. The van der Waals surface area contributed by atoms with Gasteiger partial charge in [0.1, 0.15) is 0 Å². The van der Waals surface area contributed by atoms with Gasteiger partial charge in [0.25, 0.3) is 0 Å². The van der Waals surface area contributed by atoms with E-state index in [0.717, 1.165) is 14.8 Å². The molecule has 3 nitrogen and oxygen atoms in total. The van der Waals surface area contributed by atoms with Crippen LogP contribution in [0.15, 0.2) is 29.0 Å². The van der Waals surface area contributed by atoms with E-state index in [9.17, 15) is 5.21 Å². The first-order valence-electron chi connectivity index (χ1n) is 3.09. The number of nitrogens with zero attached hydrogens (tertiary/aromatic N) is 2. The Balaban J connectivity index is 2.79. The second-order valence-corrected chi connectivity index (χ2v) is 3.14. The quantitative estimate of drug-likeness (QED) is 0.679. The summed E-state index contributed by atoms with van der Waals surface area (Å²) in [7, 11) is 0. The zero-order valence-corrected chi connectivity index (χ0v) is 7.12. The van der Waals surface area contributed by atoms with Gasteiger partial charge in [-0.2, -0.15) is 4.73 Å². The molecule has 0 amide bonds. The van der Waals surface area contributed by atoms with Crippen LogP contribution >= 0.6 is 15.9 Å². The standard InChI is InChI=1S/C7H5BrN2O/c8-6-3-5-1-2-9-7(5)10(11)4-6/h1-4,11H. The molecule has 2 heterocycles. The zero-order chi connectivity index (χ0) is 7.84. The molecule has 2 aliphatic heterocycles. The Labute approximate surface area is 71.7 Å². The number of aromatic nitrogens is 2. The lowest BCUT2D eigenvalue weighted by Crippen LogP contribution is -1.97. The number of pyridine rings is 1. The van der Waals surface area contributed by atoms with Crippen LogP contribution in [0, 0.1) is 0 Å². The van der Waals surface area contributed by atoms with Gasteiger partial charge in [0.15, 0.2) is 5.82 Å². The van der Waals surface area contributed by atoms with Gasteiger partial charge in [-0.05, 0) is 28.1 Å². The van der Waals surface area contributed by atoms with Crippen LogP contribution in [-0.4, -0.2) is 14.9 Å². The fourth-order valence-electron chi connectivity index (χ4n) is 1.01. The van der Waals surface area contributed by atoms with Crippen LogP contribution in [0.25, 0.3) is 11.4 Å². The number of hydrogen-bond donors (Lipinski definition) is 1. The van der Waals surface area contributed by atoms with Crippen molar-refractivity contribution in [1.82, 2.24) is 9.71 Å². The van der Waals surface area contributed by atoms with Crippen molar-refractivity contribution in [2.75, 3.05) is 0 Å². The third-order valence-electron chi connectivity index (χ3n) is 1.47. The van der Waals surface area contributed by atoms with Gasteiger partial charge in [-0.25, -0.2) is 4.98 Å². The van der Waals surface area contributed by atoms with Crippen molar-refractivity contribution in [1.29, 1.82) is 0 Å². The summed E-state index contributed by atoms with van der Waals surface area (Å²) in [6.07, 6.45) is 3.21. The number of rotatable bonds is 0. The Morgan fingerprint density at radius 1 is 1.55 bits per heavy atom. The number of hydrogen-bond acceptors (Lipinski definition) is 2. The Hall–Kier alpha value is -1.03. The van der Waals surface area contributed by atoms with Crippen LogP contribution in [0.1, 0.15) is 0 Å². The fourth-order valence-corrected chi connectivity index (χ4v) is 1.45. The average Bonchev–Trinajstić information content (AvgIpc) is 2.34. The van der Waals surface area contributed by atoms with Crippen molar-refractivity contribution in [2.45, 2.75) is 0 Å². The minimum atomic E-state index is 0.577. The molecule has 1 N–H and O–H groups in total. The van der Waals surface area contributed by atoms with Gasteiger partial charge in [0.05, 0.1) is 6.20 Å². The minimum absolute atomic E-state index is 0.577. The molecule has 2 rings (SSSR count). The molecule has 0 aromatic carbocycles. The number of fused-ring (bicyclic) bond motifs is 1. The van der Waals surface area contributed by atoms with E-state index in [-0.39, 0.29) is 0 Å². The summed E-state index contributed by atoms with van der Waals surface area (Å²) in [6.45, 7) is 0. The van der Waals surface area contributed by atoms with Crippen LogP contribution in [0.3, 0.4) is 0 Å². The molecule has 0 fully saturated rings. The summed E-state index contributed by atoms with van der Waals surface area (Å²) in [5.41, 5.74) is 0.918. The van der Waals surface area contributed by atoms with E-state index in [4.69, 9.17) is 0 Å². The molecular formula is C7H5BrN2O. The molecule has 4 heteroatoms. The Morgan fingerprint density at radius 2 is 2.36 bits per heavy atom. The Kier molecular flexibility index (Phi) is 1.35. The van der Waals surface area contributed by atoms with E-state index >= 15 is 0 Å². The van der Waals surface area contributed by atoms with E-state index in [0.29, 0.717) is 5.82 Å². The van der Waals surface area contributed by atoms with Crippen molar-refractivity contribution in [3.63, 3.8) is 0 Å². The summed E-state index contributed by atoms with van der Waals surface area (Å²) < 4.78 is 1.83. The molecule has 0 aromatic rings. The predicted molar refractivity (Wildman–Crippen MR) is 43.7 cm³/mol. The maximum atomic E-state index is 9.27. The van der Waals surface area contributed by atoms with E-state index in [1.54, 1.807) is 12.4 Å². The van der Waals surface area contributed by atoms with Gasteiger partial charge in [-0.15, -0.1) is 0 Å². The molecule has 0 saturated heterocycles. The molecule has 0 atom stereocenters. The van der Waals surface area contributed by atoms with Crippen LogP contribution in [0.2, 0.25) is 0 Å². The second-order valence-electron chi connectivity index (χ2n) is 2.23. The second kappa shape index (κ2) is 2.23. The molecule has 0 bridgehead atoms. The fraction of sp³-hybridized carbons (Fsp3) is 0. The minimum Gasteiger partial charge on any atom is -0.427 e. The molecule has 0 saturated carbocycles. The molecule has 11 heavy (non-hydrogen) atoms. The van der Waals surface area contributed by atoms with Gasteiger partial charge in [0.2, 0.25) is 0 Å². The van der Waals surface area contributed by atoms with Crippen LogP contribution in [0.5, 0.6) is 0 Å². The lowest BCUT2D eigenvalue weighted by Gasteiger charge is -2.03. The highest BCUT2D eigenvalue weighted by atomic mass is 79.9. The average molecular weight is 213 g/mol. The van der Waals surface area contributed by atoms with Crippen molar-refractivity contribution in [3.05, 3.63) is 29.0 Å². The molecule has 0 radical (unpaired) electrons. The van der Waals surface area contributed by atoms with E-state index in [1.165, 1.54) is 0 Å². The molecule has 0 aliphatic carbocycles. The first-order valence-corrected chi connectivity index (χ1v) is 3.88. The summed E-state index contributed by atoms with van der Waals surface area (Å²) in [4.78, 5) is 3.95. The van der Waals surface area contributed by atoms with Crippen LogP contribution in [-0.2, 0) is 0 Å². The summed E-state index contributed by atoms with van der Waals surface area (Å²) >= 11 is 3.26. The van der Waals surface area contributed by atoms with Gasteiger partial charge < -0.3 is 5.21 Å². The van der Waals surface area contributed by atoms with Crippen molar-refractivity contribution >= 4 is 15.9 Å². The summed E-state index contributed by atoms with van der Waals surface area (Å²) in [5.74, 6) is 0.577. The highest BCUT2D eigenvalue weighted by Gasteiger charge is 2.07. The molecule has 0 spiro atoms. The van der Waals surface area contributed by atoms with Gasteiger partial charge >= 0.3 is 0 Å². The van der Waals surface area contributed by atoms with Crippen molar-refractivity contribution < 1.29 is 5.21 Å². The summed E-state index contributed by atoms with van der Waals surface area (Å²) in [6, 6.07) is 3.74. The smallest absolute Gasteiger partial charge is 0.175 e. The van der Waals surface area contributed by atoms with E-state index in [2.05, 4.69) is 20.9 Å². The number of halogens is 1. The van der Waals surface area contributed by atoms with Crippen molar-refractivity contribution in [3.8, 4) is 11.4 Å². The maximum Gasteiger partial charge on any atom is 0.175 e. The molecule has 2 aliphatic rings. The van der Waals surface area contributed by atoms with Crippen LogP contribution < -0.4 is 0 Å². The first kappa shape index (κ1) is 6.67. The van der Waals surface area contributed by atoms with E-state index in [1.807, 2.05) is 12.1 Å². The van der Waals surface area contributed by atoms with Gasteiger partial charge in [0, 0.05) is 16.2 Å². The van der Waals surface area contributed by atoms with E-state index < -0.39 is 0 Å². The summed E-state index contributed by atoms with van der Waals surface area (Å²) in [5, 5.41) is 9.27. The zero-order valence-electron chi connectivity index (χ0n) is 5.53. The highest BCUT2D eigenvalue weighted by molar-refractivity contribution is 9.10. The third-order valence-corrected chi connectivity index (χ3v) is 1.90. The van der Waals surface area contributed by atoms with Gasteiger partial charge in [-0.3, -0.25) is 0 Å². The largest absolute Gasteiger partial charge is 0.427 e. The first-order chi connectivity index (χ1) is 5.27. The van der Waals surface area contributed by atoms with Gasteiger partial charge in [-0.1, -0.05) is 0 Å². The Bertz CT molecular complexity index is 358. The molecule has 56 valence electrons. The van der Waals surface area contributed by atoms with Crippen LogP contribution in [0.4, 0.5) is 0 Å². The maximum absolute atomic E-state index is 9.27. The van der Waals surface area contributed by atoms with Crippen molar-refractivity contribution in [2.24, 2.45) is 0 Å². The molecular weight excluding hydrogens is 208 g/mol. The normalized spacial score (nSPS) is 10.6. The predicted octanol–water partition coefficient (Wildman–Crippen LogP) is 1.99. The third kappa shape index (κ3) is 0.991. The highest BCUT2D eigenvalue weighted by Crippen LogP contribution is 2.22. The molecule has 0 aromatic heterocycles. The topological polar surface area (TPSA) is 38.0 Å². The lowest BCUT2D eigenvalue weighted by molar-refractivity contribution is 0.186. The lowest BCUT2D eigenvalue weighted by atomic mass is 10.3. The molecule has 0 unspecified atom stereocenters.